The minimum absolute atomic E-state index is 0.0107. The van der Waals surface area contributed by atoms with E-state index in [1.165, 1.54) is 16.8 Å². The Labute approximate surface area is 213 Å². The van der Waals surface area contributed by atoms with Crippen LogP contribution in [0.1, 0.15) is 29.2 Å². The smallest absolute Gasteiger partial charge is 0.283 e. The van der Waals surface area contributed by atoms with Gasteiger partial charge >= 0.3 is 0 Å². The summed E-state index contributed by atoms with van der Waals surface area (Å²) in [7, 11) is 0. The van der Waals surface area contributed by atoms with Crippen molar-refractivity contribution in [3.8, 4) is 11.5 Å². The molecule has 1 N–H and O–H groups in total. The van der Waals surface area contributed by atoms with Crippen LogP contribution in [-0.4, -0.2) is 33.6 Å². The number of hydrogen-bond acceptors (Lipinski definition) is 6. The van der Waals surface area contributed by atoms with Crippen LogP contribution in [0.2, 0.25) is 0 Å². The lowest BCUT2D eigenvalue weighted by Crippen LogP contribution is -2.35. The number of amidine groups is 2. The molecule has 0 fully saturated rings. The van der Waals surface area contributed by atoms with Gasteiger partial charge in [0, 0.05) is 5.56 Å². The van der Waals surface area contributed by atoms with E-state index in [0.29, 0.717) is 40.5 Å². The largest absolute Gasteiger partial charge is 0.490 e. The van der Waals surface area contributed by atoms with E-state index < -0.39 is 5.91 Å². The van der Waals surface area contributed by atoms with E-state index in [1.54, 1.807) is 12.1 Å². The number of hydrazone groups is 1. The molecule has 3 aromatic rings. The molecule has 7 nitrogen and oxygen atoms in total. The molecule has 0 unspecified atom stereocenters. The van der Waals surface area contributed by atoms with Crippen LogP contribution in [0.5, 0.6) is 11.5 Å². The van der Waals surface area contributed by atoms with Crippen molar-refractivity contribution in [2.24, 2.45) is 10.1 Å². The zero-order valence-corrected chi connectivity index (χ0v) is 20.7. The minimum Gasteiger partial charge on any atom is -0.490 e. The number of thioether (sulfide) groups is 1. The fourth-order valence-electron chi connectivity index (χ4n) is 3.82. The Morgan fingerprint density at radius 2 is 1.78 bits per heavy atom. The van der Waals surface area contributed by atoms with Crippen LogP contribution in [0, 0.1) is 12.3 Å². The molecule has 0 aromatic heterocycles. The van der Waals surface area contributed by atoms with Gasteiger partial charge in [-0.2, -0.15) is 15.1 Å². The number of rotatable bonds is 7. The third kappa shape index (κ3) is 4.81. The monoisotopic (exact) mass is 496 g/mol. The number of ether oxygens (including phenoxy) is 2. The number of aliphatic imine (C=N–C) groups is 1. The first-order valence-corrected chi connectivity index (χ1v) is 12.3. The highest BCUT2D eigenvalue weighted by Gasteiger charge is 2.36. The first-order valence-electron chi connectivity index (χ1n) is 11.5. The van der Waals surface area contributed by atoms with Crippen molar-refractivity contribution >= 4 is 39.8 Å². The number of amides is 1. The van der Waals surface area contributed by atoms with Crippen molar-refractivity contribution in [1.82, 2.24) is 5.01 Å². The lowest BCUT2D eigenvalue weighted by atomic mass is 10.1. The summed E-state index contributed by atoms with van der Waals surface area (Å²) in [6.45, 7) is 4.78. The van der Waals surface area contributed by atoms with Gasteiger partial charge in [-0.15, -0.1) is 0 Å². The van der Waals surface area contributed by atoms with E-state index in [9.17, 15) is 4.79 Å². The van der Waals surface area contributed by atoms with Crippen LogP contribution in [0.15, 0.2) is 88.5 Å². The third-order valence-corrected chi connectivity index (χ3v) is 6.59. The molecule has 2 aliphatic heterocycles. The molecule has 0 spiro atoms. The Kier molecular flexibility index (Phi) is 6.69. The normalized spacial score (nSPS) is 16.1. The molecule has 180 valence electrons. The highest BCUT2D eigenvalue weighted by molar-refractivity contribution is 8.27. The molecule has 0 radical (unpaired) electrons. The SMILES string of the molecule is CCOc1cc(C=C2C(=N)N3N=C(c4ccccc4C)SC3=NC2=O)ccc1OCc1ccccc1. The fourth-order valence-corrected chi connectivity index (χ4v) is 4.80. The molecule has 5 rings (SSSR count). The summed E-state index contributed by atoms with van der Waals surface area (Å²) >= 11 is 1.29. The topological polar surface area (TPSA) is 87.3 Å². The van der Waals surface area contributed by atoms with Crippen molar-refractivity contribution in [2.75, 3.05) is 6.61 Å². The Balaban J connectivity index is 1.40. The standard InChI is InChI=1S/C28H24N4O3S/c1-3-34-24-16-20(13-14-23(24)35-17-19-10-5-4-6-11-19)15-22-25(29)32-28(30-26(22)33)36-27(31-32)21-12-8-7-9-18(21)2/h4-16,29H,3,17H2,1-2H3. The van der Waals surface area contributed by atoms with Gasteiger partial charge in [0.1, 0.15) is 11.7 Å². The molecule has 36 heavy (non-hydrogen) atoms. The first-order chi connectivity index (χ1) is 17.5. The Morgan fingerprint density at radius 3 is 2.56 bits per heavy atom. The van der Waals surface area contributed by atoms with Crippen LogP contribution in [0.3, 0.4) is 0 Å². The first kappa shape index (κ1) is 23.6. The zero-order valence-electron chi connectivity index (χ0n) is 19.9. The van der Waals surface area contributed by atoms with Gasteiger partial charge in [-0.05, 0) is 60.5 Å². The number of benzene rings is 3. The highest BCUT2D eigenvalue weighted by Crippen LogP contribution is 2.33. The number of nitrogens with zero attached hydrogens (tertiary/aromatic N) is 3. The molecule has 2 aliphatic rings. The van der Waals surface area contributed by atoms with Crippen molar-refractivity contribution in [3.05, 3.63) is 101 Å². The van der Waals surface area contributed by atoms with Gasteiger partial charge in [-0.1, -0.05) is 60.7 Å². The van der Waals surface area contributed by atoms with E-state index in [0.717, 1.165) is 16.7 Å². The summed E-state index contributed by atoms with van der Waals surface area (Å²) in [5.74, 6) is 0.695. The maximum atomic E-state index is 12.9. The van der Waals surface area contributed by atoms with Crippen molar-refractivity contribution in [1.29, 1.82) is 5.41 Å². The maximum Gasteiger partial charge on any atom is 0.283 e. The predicted molar refractivity (Wildman–Crippen MR) is 144 cm³/mol. The number of carbonyl (C=O) groups is 1. The van der Waals surface area contributed by atoms with Crippen LogP contribution in [0.25, 0.3) is 6.08 Å². The molecular weight excluding hydrogens is 472 g/mol. The zero-order chi connectivity index (χ0) is 25.1. The summed E-state index contributed by atoms with van der Waals surface area (Å²) < 4.78 is 11.8. The summed E-state index contributed by atoms with van der Waals surface area (Å²) in [4.78, 5) is 17.1. The average Bonchev–Trinajstić information content (AvgIpc) is 3.31. The average molecular weight is 497 g/mol. The van der Waals surface area contributed by atoms with Gasteiger partial charge < -0.3 is 9.47 Å². The predicted octanol–water partition coefficient (Wildman–Crippen LogP) is 5.64. The highest BCUT2D eigenvalue weighted by atomic mass is 32.2. The second-order valence-electron chi connectivity index (χ2n) is 8.15. The van der Waals surface area contributed by atoms with Crippen LogP contribution >= 0.6 is 11.8 Å². The molecule has 0 saturated heterocycles. The second kappa shape index (κ2) is 10.2. The number of hydrogen-bond donors (Lipinski definition) is 1. The number of nitrogens with one attached hydrogen (secondary N) is 1. The second-order valence-corrected chi connectivity index (χ2v) is 9.11. The molecule has 8 heteroatoms. The minimum atomic E-state index is -0.470. The Morgan fingerprint density at radius 1 is 1.00 bits per heavy atom. The molecule has 0 aliphatic carbocycles. The lowest BCUT2D eigenvalue weighted by Gasteiger charge is -2.20. The van der Waals surface area contributed by atoms with Gasteiger partial charge in [0.2, 0.25) is 5.17 Å². The molecule has 0 saturated carbocycles. The molecule has 3 aromatic carbocycles. The van der Waals surface area contributed by atoms with Crippen molar-refractivity contribution in [2.45, 2.75) is 20.5 Å². The number of aryl methyl sites for hydroxylation is 1. The Hall–Kier alpha value is -4.17. The van der Waals surface area contributed by atoms with Gasteiger partial charge in [0.05, 0.1) is 12.2 Å². The molecule has 1 amide bonds. The summed E-state index contributed by atoms with van der Waals surface area (Å²) in [5.41, 5.74) is 3.94. The summed E-state index contributed by atoms with van der Waals surface area (Å²) in [5, 5.41) is 15.8. The third-order valence-electron chi connectivity index (χ3n) is 5.65. The molecule has 2 heterocycles. The molecule has 0 atom stereocenters. The van der Waals surface area contributed by atoms with Gasteiger partial charge in [0.15, 0.2) is 17.3 Å². The summed E-state index contributed by atoms with van der Waals surface area (Å²) in [6, 6.07) is 23.2. The van der Waals surface area contributed by atoms with Gasteiger partial charge in [0.25, 0.3) is 5.91 Å². The summed E-state index contributed by atoms with van der Waals surface area (Å²) in [6.07, 6.45) is 1.64. The van der Waals surface area contributed by atoms with E-state index >= 15 is 0 Å². The van der Waals surface area contributed by atoms with Crippen molar-refractivity contribution < 1.29 is 14.3 Å². The van der Waals surface area contributed by atoms with E-state index in [4.69, 9.17) is 14.9 Å². The molecule has 0 bridgehead atoms. The molecular formula is C28H24N4O3S. The number of carbonyl (C=O) groups excluding carboxylic acids is 1. The van der Waals surface area contributed by atoms with E-state index in [2.05, 4.69) is 10.1 Å². The fraction of sp³-hybridized carbons (Fsp3) is 0.143. The quantitative estimate of drug-likeness (QED) is 0.428. The van der Waals surface area contributed by atoms with Crippen LogP contribution < -0.4 is 9.47 Å². The van der Waals surface area contributed by atoms with E-state index in [-0.39, 0.29) is 11.4 Å². The van der Waals surface area contributed by atoms with Crippen LogP contribution in [-0.2, 0) is 11.4 Å². The number of fused-ring (bicyclic) bond motifs is 1. The van der Waals surface area contributed by atoms with E-state index in [1.807, 2.05) is 80.6 Å². The Bertz CT molecular complexity index is 1430. The lowest BCUT2D eigenvalue weighted by molar-refractivity contribution is -0.114. The van der Waals surface area contributed by atoms with Gasteiger partial charge in [-0.25, -0.2) is 0 Å². The maximum absolute atomic E-state index is 12.9. The van der Waals surface area contributed by atoms with Crippen LogP contribution in [0.4, 0.5) is 0 Å². The van der Waals surface area contributed by atoms with Gasteiger partial charge in [-0.3, -0.25) is 10.2 Å². The van der Waals surface area contributed by atoms with Crippen molar-refractivity contribution in [3.63, 3.8) is 0 Å².